The SMILES string of the molecule is CCC(CC)C(=O)OC(C)=O.[InH3]. The molecule has 0 bridgehead atoms. The number of carbonyl (C=O) groups is 2. The van der Waals surface area contributed by atoms with E-state index in [1.54, 1.807) is 0 Å². The molecule has 0 amide bonds. The van der Waals surface area contributed by atoms with Crippen LogP contribution in [0.1, 0.15) is 33.6 Å². The van der Waals surface area contributed by atoms with Crippen molar-refractivity contribution in [1.82, 2.24) is 0 Å². The van der Waals surface area contributed by atoms with Crippen molar-refractivity contribution in [3.8, 4) is 0 Å². The molecule has 3 nitrogen and oxygen atoms in total. The van der Waals surface area contributed by atoms with Crippen LogP contribution in [0.2, 0.25) is 0 Å². The molecule has 4 heteroatoms. The van der Waals surface area contributed by atoms with E-state index in [1.807, 2.05) is 13.8 Å². The Morgan fingerprint density at radius 2 is 1.67 bits per heavy atom. The number of ether oxygens (including phenoxy) is 1. The first-order valence-corrected chi connectivity index (χ1v) is 3.84. The van der Waals surface area contributed by atoms with Gasteiger partial charge in [-0.25, -0.2) is 0 Å². The monoisotopic (exact) mass is 276 g/mol. The molecule has 0 aliphatic carbocycles. The van der Waals surface area contributed by atoms with Gasteiger partial charge in [-0.15, -0.1) is 0 Å². The molecule has 0 radical (unpaired) electrons. The third kappa shape index (κ3) is 5.63. The van der Waals surface area contributed by atoms with Gasteiger partial charge in [0.1, 0.15) is 0 Å². The Morgan fingerprint density at radius 3 is 1.92 bits per heavy atom. The topological polar surface area (TPSA) is 43.4 Å². The third-order valence-electron chi connectivity index (χ3n) is 1.56. The summed E-state index contributed by atoms with van der Waals surface area (Å²) in [6.07, 6.45) is 1.45. The van der Waals surface area contributed by atoms with Crippen LogP contribution in [0.5, 0.6) is 0 Å². The van der Waals surface area contributed by atoms with Crippen molar-refractivity contribution in [3.05, 3.63) is 0 Å². The van der Waals surface area contributed by atoms with E-state index in [4.69, 9.17) is 0 Å². The van der Waals surface area contributed by atoms with Gasteiger partial charge < -0.3 is 4.74 Å². The van der Waals surface area contributed by atoms with Gasteiger partial charge in [0.25, 0.3) is 0 Å². The van der Waals surface area contributed by atoms with Crippen LogP contribution in [-0.4, -0.2) is 37.8 Å². The van der Waals surface area contributed by atoms with E-state index in [0.717, 1.165) is 12.8 Å². The predicted octanol–water partition coefficient (Wildman–Crippen LogP) is 0.328. The zero-order chi connectivity index (χ0) is 8.85. The van der Waals surface area contributed by atoms with Gasteiger partial charge in [-0.3, -0.25) is 9.59 Å². The minimum atomic E-state index is -0.526. The second-order valence-corrected chi connectivity index (χ2v) is 2.43. The molecular formula is C8H17InO3. The van der Waals surface area contributed by atoms with E-state index < -0.39 is 11.9 Å². The van der Waals surface area contributed by atoms with E-state index in [2.05, 4.69) is 4.74 Å². The van der Waals surface area contributed by atoms with Crippen molar-refractivity contribution in [2.75, 3.05) is 0 Å². The second kappa shape index (κ2) is 7.65. The zero-order valence-electron chi connectivity index (χ0n) is 7.22. The van der Waals surface area contributed by atoms with Crippen molar-refractivity contribution in [1.29, 1.82) is 0 Å². The van der Waals surface area contributed by atoms with E-state index in [-0.39, 0.29) is 31.8 Å². The first-order chi connectivity index (χ1) is 5.11. The molecule has 0 aliphatic heterocycles. The first-order valence-electron chi connectivity index (χ1n) is 3.84. The van der Waals surface area contributed by atoms with Gasteiger partial charge in [0.15, 0.2) is 0 Å². The van der Waals surface area contributed by atoms with Crippen LogP contribution < -0.4 is 0 Å². The van der Waals surface area contributed by atoms with Crippen LogP contribution in [-0.2, 0) is 14.3 Å². The molecule has 0 spiro atoms. The summed E-state index contributed by atoms with van der Waals surface area (Å²) in [6.45, 7) is 5.03. The fourth-order valence-electron chi connectivity index (χ4n) is 0.847. The Balaban J connectivity index is 0. The van der Waals surface area contributed by atoms with Crippen molar-refractivity contribution in [3.63, 3.8) is 0 Å². The Bertz CT molecular complexity index is 152. The Kier molecular flexibility index (Phi) is 9.26. The summed E-state index contributed by atoms with van der Waals surface area (Å²) in [7, 11) is 0. The fourth-order valence-corrected chi connectivity index (χ4v) is 0.847. The molecule has 0 heterocycles. The second-order valence-electron chi connectivity index (χ2n) is 2.43. The summed E-state index contributed by atoms with van der Waals surface area (Å²) in [4.78, 5) is 21.3. The molecule has 0 unspecified atom stereocenters. The molecule has 0 aliphatic rings. The van der Waals surface area contributed by atoms with Crippen LogP contribution in [0.15, 0.2) is 0 Å². The number of hydrogen-bond donors (Lipinski definition) is 0. The Morgan fingerprint density at radius 1 is 1.25 bits per heavy atom. The summed E-state index contributed by atoms with van der Waals surface area (Å²) in [6, 6.07) is 0. The van der Waals surface area contributed by atoms with E-state index in [9.17, 15) is 9.59 Å². The molecule has 0 N–H and O–H groups in total. The molecule has 0 fully saturated rings. The molecule has 0 aromatic rings. The van der Waals surface area contributed by atoms with Crippen LogP contribution in [0.4, 0.5) is 0 Å². The predicted molar refractivity (Wildman–Crippen MR) is 50.8 cm³/mol. The maximum atomic E-state index is 11.0. The van der Waals surface area contributed by atoms with Gasteiger partial charge in [-0.1, -0.05) is 13.8 Å². The van der Waals surface area contributed by atoms with E-state index in [0.29, 0.717) is 0 Å². The average Bonchev–Trinajstić information content (AvgIpc) is 1.88. The maximum absolute atomic E-state index is 11.0. The molecule has 0 atom stereocenters. The van der Waals surface area contributed by atoms with Crippen molar-refractivity contribution in [2.45, 2.75) is 33.6 Å². The first kappa shape index (κ1) is 14.5. The van der Waals surface area contributed by atoms with Crippen molar-refractivity contribution >= 4 is 37.8 Å². The molecule has 0 saturated carbocycles. The van der Waals surface area contributed by atoms with Gasteiger partial charge >= 0.3 is 37.8 Å². The van der Waals surface area contributed by atoms with E-state index in [1.165, 1.54) is 6.92 Å². The van der Waals surface area contributed by atoms with Gasteiger partial charge in [0.2, 0.25) is 0 Å². The molecule has 0 aromatic heterocycles. The fraction of sp³-hybridized carbons (Fsp3) is 0.750. The number of carbonyl (C=O) groups excluding carboxylic acids is 2. The van der Waals surface area contributed by atoms with Crippen molar-refractivity contribution < 1.29 is 14.3 Å². The Hall–Kier alpha value is 0.0101. The van der Waals surface area contributed by atoms with Gasteiger partial charge in [0.05, 0.1) is 5.92 Å². The van der Waals surface area contributed by atoms with Crippen molar-refractivity contribution in [2.24, 2.45) is 5.92 Å². The average molecular weight is 276 g/mol. The van der Waals surface area contributed by atoms with Gasteiger partial charge in [-0.05, 0) is 12.8 Å². The van der Waals surface area contributed by atoms with Crippen LogP contribution in [0.25, 0.3) is 0 Å². The van der Waals surface area contributed by atoms with E-state index >= 15 is 0 Å². The number of esters is 2. The van der Waals surface area contributed by atoms with Crippen LogP contribution in [0, 0.1) is 5.92 Å². The molecule has 12 heavy (non-hydrogen) atoms. The van der Waals surface area contributed by atoms with Crippen LogP contribution >= 0.6 is 0 Å². The molecular weight excluding hydrogens is 259 g/mol. The molecule has 0 aromatic carbocycles. The molecule has 70 valence electrons. The normalized spacial score (nSPS) is 9.00. The summed E-state index contributed by atoms with van der Waals surface area (Å²) < 4.78 is 4.42. The summed E-state index contributed by atoms with van der Waals surface area (Å²) in [5.74, 6) is -1.05. The summed E-state index contributed by atoms with van der Waals surface area (Å²) in [5, 5.41) is 0. The minimum absolute atomic E-state index is 0. The number of rotatable bonds is 3. The van der Waals surface area contributed by atoms with Gasteiger partial charge in [0, 0.05) is 6.92 Å². The summed E-state index contributed by atoms with van der Waals surface area (Å²) in [5.41, 5.74) is 0. The Labute approximate surface area is 91.6 Å². The third-order valence-corrected chi connectivity index (χ3v) is 1.56. The standard InChI is InChI=1S/C8H14O3.In.3H/c1-4-7(5-2)8(10)11-6(3)9;;;;/h7H,4-5H2,1-3H3;;;;. The quantitative estimate of drug-likeness (QED) is 0.551. The molecule has 0 rings (SSSR count). The van der Waals surface area contributed by atoms with Crippen LogP contribution in [0.3, 0.4) is 0 Å². The number of hydrogen-bond acceptors (Lipinski definition) is 3. The summed E-state index contributed by atoms with van der Waals surface area (Å²) >= 11 is 0. The zero-order valence-corrected chi connectivity index (χ0v) is 7.22. The molecule has 0 saturated heterocycles. The van der Waals surface area contributed by atoms with Gasteiger partial charge in [-0.2, -0.15) is 0 Å².